The average molecular weight is 166 g/mol. The molecule has 0 aromatic carbocycles. The van der Waals surface area contributed by atoms with Crippen molar-refractivity contribution >= 4 is 0 Å². The second-order valence-electron chi connectivity index (χ2n) is 2.88. The SMILES string of the molecule is COCC1=CC(C)=CCC=C1O. The zero-order chi connectivity index (χ0) is 8.97. The first kappa shape index (κ1) is 9.07. The van der Waals surface area contributed by atoms with Crippen molar-refractivity contribution < 1.29 is 9.84 Å². The Morgan fingerprint density at radius 3 is 2.92 bits per heavy atom. The van der Waals surface area contributed by atoms with Crippen LogP contribution in [0.15, 0.2) is 35.1 Å². The van der Waals surface area contributed by atoms with Crippen LogP contribution in [-0.4, -0.2) is 18.8 Å². The van der Waals surface area contributed by atoms with Crippen molar-refractivity contribution in [2.24, 2.45) is 0 Å². The summed E-state index contributed by atoms with van der Waals surface area (Å²) < 4.78 is 4.96. The van der Waals surface area contributed by atoms with Gasteiger partial charge in [0.15, 0.2) is 0 Å². The molecule has 0 aliphatic heterocycles. The lowest BCUT2D eigenvalue weighted by molar-refractivity contribution is 0.220. The van der Waals surface area contributed by atoms with Crippen LogP contribution in [0.5, 0.6) is 0 Å². The standard InChI is InChI=1S/C10H14O2/c1-8-4-3-5-10(11)9(6-8)7-12-2/h4-6,11H,3,7H2,1-2H3. The quantitative estimate of drug-likeness (QED) is 0.682. The van der Waals surface area contributed by atoms with Gasteiger partial charge >= 0.3 is 0 Å². The van der Waals surface area contributed by atoms with Crippen LogP contribution in [-0.2, 0) is 4.74 Å². The van der Waals surface area contributed by atoms with Crippen molar-refractivity contribution in [2.45, 2.75) is 13.3 Å². The van der Waals surface area contributed by atoms with E-state index in [0.717, 1.165) is 12.0 Å². The molecule has 0 heterocycles. The first-order valence-corrected chi connectivity index (χ1v) is 4.00. The number of hydrogen-bond acceptors (Lipinski definition) is 2. The molecule has 1 aliphatic rings. The maximum atomic E-state index is 9.48. The minimum Gasteiger partial charge on any atom is -0.508 e. The molecule has 66 valence electrons. The molecule has 0 saturated heterocycles. The van der Waals surface area contributed by atoms with Crippen molar-refractivity contribution in [3.63, 3.8) is 0 Å². The monoisotopic (exact) mass is 166 g/mol. The van der Waals surface area contributed by atoms with Crippen molar-refractivity contribution in [1.82, 2.24) is 0 Å². The summed E-state index contributed by atoms with van der Waals surface area (Å²) in [5.41, 5.74) is 2.02. The van der Waals surface area contributed by atoms with Crippen molar-refractivity contribution in [1.29, 1.82) is 0 Å². The molecular formula is C10H14O2. The van der Waals surface area contributed by atoms with E-state index in [0.29, 0.717) is 12.4 Å². The molecule has 0 spiro atoms. The van der Waals surface area contributed by atoms with Crippen LogP contribution in [0.3, 0.4) is 0 Å². The van der Waals surface area contributed by atoms with E-state index in [4.69, 9.17) is 4.74 Å². The normalized spacial score (nSPS) is 17.7. The molecule has 0 aromatic rings. The van der Waals surface area contributed by atoms with Gasteiger partial charge in [0.05, 0.1) is 6.61 Å². The molecule has 1 rings (SSSR count). The highest BCUT2D eigenvalue weighted by Gasteiger charge is 2.04. The Bertz CT molecular complexity index is 247. The van der Waals surface area contributed by atoms with E-state index in [1.165, 1.54) is 5.57 Å². The number of aliphatic hydroxyl groups is 1. The first-order valence-electron chi connectivity index (χ1n) is 4.00. The van der Waals surface area contributed by atoms with Gasteiger partial charge in [0.1, 0.15) is 5.76 Å². The lowest BCUT2D eigenvalue weighted by Gasteiger charge is -2.03. The molecule has 0 saturated carbocycles. The predicted molar refractivity (Wildman–Crippen MR) is 49.0 cm³/mol. The molecule has 0 unspecified atom stereocenters. The third kappa shape index (κ3) is 2.24. The van der Waals surface area contributed by atoms with Gasteiger partial charge in [0.25, 0.3) is 0 Å². The van der Waals surface area contributed by atoms with E-state index < -0.39 is 0 Å². The van der Waals surface area contributed by atoms with Gasteiger partial charge in [-0.1, -0.05) is 17.7 Å². The molecule has 0 aromatic heterocycles. The molecular weight excluding hydrogens is 152 g/mol. The van der Waals surface area contributed by atoms with Gasteiger partial charge in [-0.05, 0) is 19.4 Å². The Hall–Kier alpha value is -1.02. The van der Waals surface area contributed by atoms with Crippen LogP contribution in [0.25, 0.3) is 0 Å². The van der Waals surface area contributed by atoms with Crippen LogP contribution >= 0.6 is 0 Å². The van der Waals surface area contributed by atoms with E-state index in [9.17, 15) is 5.11 Å². The predicted octanol–water partition coefficient (Wildman–Crippen LogP) is 2.35. The summed E-state index contributed by atoms with van der Waals surface area (Å²) in [6, 6.07) is 0. The largest absolute Gasteiger partial charge is 0.508 e. The van der Waals surface area contributed by atoms with Gasteiger partial charge in [-0.3, -0.25) is 0 Å². The van der Waals surface area contributed by atoms with E-state index in [2.05, 4.69) is 6.08 Å². The van der Waals surface area contributed by atoms with E-state index in [-0.39, 0.29) is 0 Å². The number of allylic oxidation sites excluding steroid dienone is 4. The smallest absolute Gasteiger partial charge is 0.117 e. The first-order chi connectivity index (χ1) is 5.74. The lowest BCUT2D eigenvalue weighted by atomic mass is 10.2. The molecule has 12 heavy (non-hydrogen) atoms. The zero-order valence-corrected chi connectivity index (χ0v) is 7.50. The third-order valence-corrected chi connectivity index (χ3v) is 1.78. The van der Waals surface area contributed by atoms with Gasteiger partial charge in [0, 0.05) is 12.7 Å². The van der Waals surface area contributed by atoms with Crippen LogP contribution in [0.1, 0.15) is 13.3 Å². The van der Waals surface area contributed by atoms with Crippen LogP contribution in [0.2, 0.25) is 0 Å². The van der Waals surface area contributed by atoms with Gasteiger partial charge < -0.3 is 9.84 Å². The van der Waals surface area contributed by atoms with E-state index in [1.807, 2.05) is 13.0 Å². The number of methoxy groups -OCH3 is 1. The molecule has 0 fully saturated rings. The molecule has 0 amide bonds. The average Bonchev–Trinajstić information content (AvgIpc) is 2.16. The highest BCUT2D eigenvalue weighted by molar-refractivity contribution is 5.36. The minimum absolute atomic E-state index is 0.338. The van der Waals surface area contributed by atoms with Gasteiger partial charge in [0.2, 0.25) is 0 Å². The highest BCUT2D eigenvalue weighted by atomic mass is 16.5. The Balaban J connectivity index is 2.83. The zero-order valence-electron chi connectivity index (χ0n) is 7.50. The molecule has 0 bridgehead atoms. The number of hydrogen-bond donors (Lipinski definition) is 1. The Morgan fingerprint density at radius 1 is 1.50 bits per heavy atom. The van der Waals surface area contributed by atoms with Gasteiger partial charge in [-0.2, -0.15) is 0 Å². The molecule has 0 radical (unpaired) electrons. The van der Waals surface area contributed by atoms with Gasteiger partial charge in [-0.25, -0.2) is 0 Å². The molecule has 1 N–H and O–H groups in total. The Morgan fingerprint density at radius 2 is 2.25 bits per heavy atom. The fourth-order valence-electron chi connectivity index (χ4n) is 1.17. The van der Waals surface area contributed by atoms with Crippen LogP contribution in [0.4, 0.5) is 0 Å². The molecule has 2 heteroatoms. The van der Waals surface area contributed by atoms with Crippen LogP contribution in [0, 0.1) is 0 Å². The summed E-state index contributed by atoms with van der Waals surface area (Å²) in [6.07, 6.45) is 6.60. The fourth-order valence-corrected chi connectivity index (χ4v) is 1.17. The summed E-state index contributed by atoms with van der Waals surface area (Å²) in [4.78, 5) is 0. The summed E-state index contributed by atoms with van der Waals surface area (Å²) in [6.45, 7) is 2.48. The molecule has 1 aliphatic carbocycles. The third-order valence-electron chi connectivity index (χ3n) is 1.78. The minimum atomic E-state index is 0.338. The van der Waals surface area contributed by atoms with Crippen molar-refractivity contribution in [3.05, 3.63) is 35.1 Å². The Labute approximate surface area is 72.9 Å². The highest BCUT2D eigenvalue weighted by Crippen LogP contribution is 2.15. The van der Waals surface area contributed by atoms with Crippen LogP contribution < -0.4 is 0 Å². The molecule has 2 nitrogen and oxygen atoms in total. The van der Waals surface area contributed by atoms with E-state index >= 15 is 0 Å². The summed E-state index contributed by atoms with van der Waals surface area (Å²) in [7, 11) is 1.62. The maximum Gasteiger partial charge on any atom is 0.117 e. The number of ether oxygens (including phenoxy) is 1. The second-order valence-corrected chi connectivity index (χ2v) is 2.88. The summed E-state index contributed by atoms with van der Waals surface area (Å²) in [5.74, 6) is 0.338. The van der Waals surface area contributed by atoms with Crippen molar-refractivity contribution in [2.75, 3.05) is 13.7 Å². The second kappa shape index (κ2) is 4.12. The Kier molecular flexibility index (Phi) is 3.11. The molecule has 0 atom stereocenters. The topological polar surface area (TPSA) is 29.5 Å². The fraction of sp³-hybridized carbons (Fsp3) is 0.400. The number of rotatable bonds is 2. The lowest BCUT2D eigenvalue weighted by Crippen LogP contribution is -1.97. The maximum absolute atomic E-state index is 9.48. The van der Waals surface area contributed by atoms with Crippen molar-refractivity contribution in [3.8, 4) is 0 Å². The summed E-state index contributed by atoms with van der Waals surface area (Å²) >= 11 is 0. The summed E-state index contributed by atoms with van der Waals surface area (Å²) in [5, 5.41) is 9.48. The van der Waals surface area contributed by atoms with E-state index in [1.54, 1.807) is 13.2 Å². The van der Waals surface area contributed by atoms with Gasteiger partial charge in [-0.15, -0.1) is 0 Å². The number of aliphatic hydroxyl groups excluding tert-OH is 1.